The highest BCUT2D eigenvalue weighted by Gasteiger charge is 2.28. The number of nitrogens with zero attached hydrogens (tertiary/aromatic N) is 2. The number of likely N-dealkylation sites (tertiary alicyclic amines) is 1. The first-order valence-electron chi connectivity index (χ1n) is 8.66. The molecule has 2 heterocycles. The lowest BCUT2D eigenvalue weighted by atomic mass is 9.95. The van der Waals surface area contributed by atoms with Gasteiger partial charge in [-0.1, -0.05) is 18.2 Å². The molecule has 1 aliphatic rings. The number of carbonyl (C=O) groups excluding carboxylic acids is 2. The van der Waals surface area contributed by atoms with Crippen LogP contribution in [0.1, 0.15) is 33.8 Å². The average molecular weight is 357 g/mol. The van der Waals surface area contributed by atoms with Crippen LogP contribution in [0.2, 0.25) is 0 Å². The Morgan fingerprint density at radius 2 is 2.04 bits per heavy atom. The van der Waals surface area contributed by atoms with Gasteiger partial charge in [0.05, 0.1) is 5.01 Å². The van der Waals surface area contributed by atoms with Crippen molar-refractivity contribution in [2.75, 3.05) is 19.6 Å². The summed E-state index contributed by atoms with van der Waals surface area (Å²) in [4.78, 5) is 31.0. The van der Waals surface area contributed by atoms with Gasteiger partial charge in [-0.2, -0.15) is 0 Å². The Kier molecular flexibility index (Phi) is 5.81. The monoisotopic (exact) mass is 357 g/mol. The number of carbonyl (C=O) groups is 2. The third-order valence-corrected chi connectivity index (χ3v) is 5.49. The van der Waals surface area contributed by atoms with E-state index in [2.05, 4.69) is 10.3 Å². The van der Waals surface area contributed by atoms with Crippen molar-refractivity contribution in [3.63, 3.8) is 0 Å². The van der Waals surface area contributed by atoms with Crippen LogP contribution in [0.25, 0.3) is 0 Å². The van der Waals surface area contributed by atoms with Crippen LogP contribution in [0.15, 0.2) is 35.8 Å². The van der Waals surface area contributed by atoms with Crippen molar-refractivity contribution in [1.82, 2.24) is 15.2 Å². The van der Waals surface area contributed by atoms with Crippen LogP contribution >= 0.6 is 11.3 Å². The Morgan fingerprint density at radius 3 is 2.72 bits per heavy atom. The van der Waals surface area contributed by atoms with Gasteiger partial charge < -0.3 is 10.2 Å². The fourth-order valence-corrected chi connectivity index (χ4v) is 3.76. The molecule has 1 N–H and O–H groups in total. The molecule has 3 rings (SSSR count). The zero-order chi connectivity index (χ0) is 17.6. The fraction of sp³-hybridized carbons (Fsp3) is 0.421. The summed E-state index contributed by atoms with van der Waals surface area (Å²) in [5.41, 5.74) is 1.75. The van der Waals surface area contributed by atoms with Crippen LogP contribution in [-0.2, 0) is 11.2 Å². The molecule has 0 aliphatic carbocycles. The number of rotatable bonds is 5. The molecule has 132 valence electrons. The molecule has 1 saturated heterocycles. The zero-order valence-corrected chi connectivity index (χ0v) is 15.2. The van der Waals surface area contributed by atoms with Gasteiger partial charge in [0, 0.05) is 49.1 Å². The predicted molar refractivity (Wildman–Crippen MR) is 98.6 cm³/mol. The third-order valence-electron chi connectivity index (χ3n) is 4.65. The molecule has 1 aromatic carbocycles. The van der Waals surface area contributed by atoms with Crippen LogP contribution in [0.3, 0.4) is 0 Å². The van der Waals surface area contributed by atoms with E-state index in [9.17, 15) is 9.59 Å². The molecular weight excluding hydrogens is 334 g/mol. The molecule has 2 aromatic rings. The molecule has 0 radical (unpaired) electrons. The van der Waals surface area contributed by atoms with Crippen molar-refractivity contribution < 1.29 is 9.59 Å². The number of benzene rings is 1. The lowest BCUT2D eigenvalue weighted by Gasteiger charge is -2.31. The maximum atomic E-state index is 12.6. The molecular formula is C19H23N3O2S. The van der Waals surface area contributed by atoms with Gasteiger partial charge in [-0.25, -0.2) is 4.98 Å². The van der Waals surface area contributed by atoms with E-state index < -0.39 is 0 Å². The van der Waals surface area contributed by atoms with Crippen LogP contribution in [0, 0.1) is 12.8 Å². The predicted octanol–water partition coefficient (Wildman–Crippen LogP) is 2.66. The molecule has 0 bridgehead atoms. The van der Waals surface area contributed by atoms with E-state index in [0.717, 1.165) is 35.4 Å². The second kappa shape index (κ2) is 8.25. The Bertz CT molecular complexity index is 722. The zero-order valence-electron chi connectivity index (χ0n) is 14.4. The highest BCUT2D eigenvalue weighted by Crippen LogP contribution is 2.20. The Labute approximate surface area is 152 Å². The van der Waals surface area contributed by atoms with Crippen molar-refractivity contribution in [2.24, 2.45) is 5.92 Å². The van der Waals surface area contributed by atoms with E-state index in [1.165, 1.54) is 0 Å². The summed E-state index contributed by atoms with van der Waals surface area (Å²) in [6.45, 7) is 3.85. The summed E-state index contributed by atoms with van der Waals surface area (Å²) in [6, 6.07) is 7.65. The van der Waals surface area contributed by atoms with Crippen LogP contribution in [0.5, 0.6) is 0 Å². The summed E-state index contributed by atoms with van der Waals surface area (Å²) in [6.07, 6.45) is 4.00. The number of hydrogen-bond acceptors (Lipinski definition) is 4. The number of aryl methyl sites for hydroxylation is 1. The smallest absolute Gasteiger partial charge is 0.254 e. The van der Waals surface area contributed by atoms with Gasteiger partial charge in [-0.05, 0) is 31.4 Å². The van der Waals surface area contributed by atoms with E-state index >= 15 is 0 Å². The minimum absolute atomic E-state index is 0.00258. The van der Waals surface area contributed by atoms with Gasteiger partial charge in [0.15, 0.2) is 0 Å². The van der Waals surface area contributed by atoms with Crippen LogP contribution in [-0.4, -0.2) is 41.3 Å². The molecule has 0 unspecified atom stereocenters. The number of aromatic nitrogens is 1. The molecule has 25 heavy (non-hydrogen) atoms. The molecule has 2 amide bonds. The summed E-state index contributed by atoms with van der Waals surface area (Å²) in [5, 5.41) is 5.98. The van der Waals surface area contributed by atoms with Crippen molar-refractivity contribution >= 4 is 23.2 Å². The number of piperidine rings is 1. The van der Waals surface area contributed by atoms with E-state index in [0.29, 0.717) is 19.6 Å². The largest absolute Gasteiger partial charge is 0.355 e. The van der Waals surface area contributed by atoms with Gasteiger partial charge >= 0.3 is 0 Å². The third kappa shape index (κ3) is 4.45. The second-order valence-electron chi connectivity index (χ2n) is 6.35. The van der Waals surface area contributed by atoms with Crippen molar-refractivity contribution in [3.8, 4) is 0 Å². The van der Waals surface area contributed by atoms with Crippen molar-refractivity contribution in [3.05, 3.63) is 52.0 Å². The first kappa shape index (κ1) is 17.6. The van der Waals surface area contributed by atoms with Gasteiger partial charge in [0.1, 0.15) is 0 Å². The lowest BCUT2D eigenvalue weighted by molar-refractivity contribution is -0.126. The topological polar surface area (TPSA) is 62.3 Å². The number of thiazole rings is 1. The summed E-state index contributed by atoms with van der Waals surface area (Å²) in [7, 11) is 0. The first-order chi connectivity index (χ1) is 12.1. The maximum Gasteiger partial charge on any atom is 0.254 e. The quantitative estimate of drug-likeness (QED) is 0.895. The van der Waals surface area contributed by atoms with E-state index in [1.54, 1.807) is 17.5 Å². The summed E-state index contributed by atoms with van der Waals surface area (Å²) in [5.74, 6) is 0.164. The van der Waals surface area contributed by atoms with Gasteiger partial charge in [0.25, 0.3) is 5.91 Å². The first-order valence-corrected chi connectivity index (χ1v) is 9.54. The highest BCUT2D eigenvalue weighted by atomic mass is 32.1. The van der Waals surface area contributed by atoms with E-state index in [-0.39, 0.29) is 17.7 Å². The summed E-state index contributed by atoms with van der Waals surface area (Å²) >= 11 is 1.61. The minimum atomic E-state index is -0.00258. The molecule has 0 spiro atoms. The van der Waals surface area contributed by atoms with Crippen molar-refractivity contribution in [1.29, 1.82) is 0 Å². The lowest BCUT2D eigenvalue weighted by Crippen LogP contribution is -2.43. The molecule has 0 atom stereocenters. The number of hydrogen-bond donors (Lipinski definition) is 1. The second-order valence-corrected chi connectivity index (χ2v) is 7.33. The number of nitrogens with one attached hydrogen (secondary N) is 1. The van der Waals surface area contributed by atoms with Gasteiger partial charge in [0.2, 0.25) is 5.91 Å². The fourth-order valence-electron chi connectivity index (χ4n) is 3.14. The van der Waals surface area contributed by atoms with Gasteiger partial charge in [-0.3, -0.25) is 9.59 Å². The SMILES string of the molecule is Cc1ccccc1C(=O)N1CCC(C(=O)NCCc2nccs2)CC1. The maximum absolute atomic E-state index is 12.6. The Morgan fingerprint density at radius 1 is 1.28 bits per heavy atom. The number of amides is 2. The Balaban J connectivity index is 1.45. The van der Waals surface area contributed by atoms with E-state index in [1.807, 2.05) is 41.5 Å². The molecule has 1 fully saturated rings. The molecule has 0 saturated carbocycles. The van der Waals surface area contributed by atoms with Gasteiger partial charge in [-0.15, -0.1) is 11.3 Å². The molecule has 1 aliphatic heterocycles. The normalized spacial score (nSPS) is 15.2. The average Bonchev–Trinajstić information content (AvgIpc) is 3.15. The summed E-state index contributed by atoms with van der Waals surface area (Å²) < 4.78 is 0. The highest BCUT2D eigenvalue weighted by molar-refractivity contribution is 7.09. The standard InChI is InChI=1S/C19H23N3O2S/c1-14-4-2-3-5-16(14)19(24)22-11-7-15(8-12-22)18(23)21-9-6-17-20-10-13-25-17/h2-5,10,13,15H,6-9,11-12H2,1H3,(H,21,23). The molecule has 1 aromatic heterocycles. The Hall–Kier alpha value is -2.21. The molecule has 5 nitrogen and oxygen atoms in total. The minimum Gasteiger partial charge on any atom is -0.355 e. The van der Waals surface area contributed by atoms with E-state index in [4.69, 9.17) is 0 Å². The van der Waals surface area contributed by atoms with Crippen LogP contribution in [0.4, 0.5) is 0 Å². The van der Waals surface area contributed by atoms with Crippen molar-refractivity contribution in [2.45, 2.75) is 26.2 Å². The molecule has 6 heteroatoms. The van der Waals surface area contributed by atoms with Crippen LogP contribution < -0.4 is 5.32 Å².